The summed E-state index contributed by atoms with van der Waals surface area (Å²) in [6.07, 6.45) is 0.841. The van der Waals surface area contributed by atoms with Crippen LogP contribution in [0.2, 0.25) is 0 Å². The first-order chi connectivity index (χ1) is 8.50. The van der Waals surface area contributed by atoms with E-state index in [2.05, 4.69) is 24.3 Å². The number of nitrogens with one attached hydrogen (secondary N) is 1. The number of rotatable bonds is 2. The summed E-state index contributed by atoms with van der Waals surface area (Å²) in [6.45, 7) is 4.15. The summed E-state index contributed by atoms with van der Waals surface area (Å²) in [5, 5.41) is 0. The molecule has 0 fully saturated rings. The van der Waals surface area contributed by atoms with Crippen LogP contribution >= 0.6 is 0 Å². The van der Waals surface area contributed by atoms with E-state index >= 15 is 0 Å². The summed E-state index contributed by atoms with van der Waals surface area (Å²) >= 11 is 0. The maximum absolute atomic E-state index is 5.55. The van der Waals surface area contributed by atoms with Crippen LogP contribution in [0, 0.1) is 0 Å². The van der Waals surface area contributed by atoms with E-state index in [1.165, 1.54) is 0 Å². The standard InChI is InChI=1S/C13H19N3O2/c1-13(2)7-8-5-10(17-3)11(18-4)6-9(8)12(15-13)16-14/h5-6H,7,14H2,1-4H3,(H,15,16). The largest absolute Gasteiger partial charge is 0.493 e. The van der Waals surface area contributed by atoms with Crippen LogP contribution in [0.5, 0.6) is 11.5 Å². The highest BCUT2D eigenvalue weighted by atomic mass is 16.5. The van der Waals surface area contributed by atoms with E-state index in [0.717, 1.165) is 23.3 Å². The first-order valence-electron chi connectivity index (χ1n) is 5.82. The molecule has 98 valence electrons. The molecule has 0 bridgehead atoms. The van der Waals surface area contributed by atoms with Crippen molar-refractivity contribution in [1.29, 1.82) is 0 Å². The molecule has 1 aliphatic heterocycles. The van der Waals surface area contributed by atoms with Crippen LogP contribution in [-0.2, 0) is 6.42 Å². The number of ether oxygens (including phenoxy) is 2. The van der Waals surface area contributed by atoms with Crippen LogP contribution in [0.3, 0.4) is 0 Å². The molecule has 0 saturated carbocycles. The van der Waals surface area contributed by atoms with Gasteiger partial charge in [-0.25, -0.2) is 5.84 Å². The smallest absolute Gasteiger partial charge is 0.161 e. The Labute approximate surface area is 107 Å². The first-order valence-corrected chi connectivity index (χ1v) is 5.82. The molecule has 1 heterocycles. The van der Waals surface area contributed by atoms with Gasteiger partial charge in [0.15, 0.2) is 11.5 Å². The molecule has 0 atom stereocenters. The summed E-state index contributed by atoms with van der Waals surface area (Å²) in [6, 6.07) is 3.89. The lowest BCUT2D eigenvalue weighted by atomic mass is 9.88. The van der Waals surface area contributed by atoms with Gasteiger partial charge in [-0.2, -0.15) is 0 Å². The van der Waals surface area contributed by atoms with Gasteiger partial charge >= 0.3 is 0 Å². The molecule has 1 aromatic carbocycles. The van der Waals surface area contributed by atoms with Gasteiger partial charge in [0.1, 0.15) is 5.84 Å². The van der Waals surface area contributed by atoms with Crippen molar-refractivity contribution >= 4 is 5.84 Å². The van der Waals surface area contributed by atoms with Crippen LogP contribution in [0.1, 0.15) is 25.0 Å². The van der Waals surface area contributed by atoms with Crippen molar-refractivity contribution in [3.8, 4) is 11.5 Å². The van der Waals surface area contributed by atoms with Crippen molar-refractivity contribution in [1.82, 2.24) is 5.43 Å². The summed E-state index contributed by atoms with van der Waals surface area (Å²) in [5.74, 6) is 7.64. The molecule has 0 radical (unpaired) electrons. The lowest BCUT2D eigenvalue weighted by molar-refractivity contribution is 0.353. The minimum absolute atomic E-state index is 0.172. The predicted molar refractivity (Wildman–Crippen MR) is 71.2 cm³/mol. The number of hydrogen-bond donors (Lipinski definition) is 2. The van der Waals surface area contributed by atoms with Crippen molar-refractivity contribution in [3.05, 3.63) is 23.3 Å². The second-order valence-electron chi connectivity index (χ2n) is 4.96. The van der Waals surface area contributed by atoms with E-state index in [1.807, 2.05) is 12.1 Å². The van der Waals surface area contributed by atoms with Crippen molar-refractivity contribution in [2.24, 2.45) is 10.8 Å². The second-order valence-corrected chi connectivity index (χ2v) is 4.96. The molecule has 1 aliphatic rings. The molecule has 0 spiro atoms. The molecule has 0 saturated heterocycles. The lowest BCUT2D eigenvalue weighted by Gasteiger charge is -2.29. The van der Waals surface area contributed by atoms with Crippen LogP contribution in [0.25, 0.3) is 0 Å². The summed E-state index contributed by atoms with van der Waals surface area (Å²) in [7, 11) is 3.25. The summed E-state index contributed by atoms with van der Waals surface area (Å²) in [4.78, 5) is 4.59. The molecule has 3 N–H and O–H groups in total. The first kappa shape index (κ1) is 12.7. The Morgan fingerprint density at radius 2 is 1.83 bits per heavy atom. The highest BCUT2D eigenvalue weighted by molar-refractivity contribution is 6.01. The van der Waals surface area contributed by atoms with E-state index in [9.17, 15) is 0 Å². The third kappa shape index (κ3) is 2.13. The van der Waals surface area contributed by atoms with Crippen LogP contribution in [-0.4, -0.2) is 25.6 Å². The van der Waals surface area contributed by atoms with Gasteiger partial charge in [-0.05, 0) is 38.0 Å². The monoisotopic (exact) mass is 249 g/mol. The van der Waals surface area contributed by atoms with Crippen molar-refractivity contribution in [2.45, 2.75) is 25.8 Å². The Hall–Kier alpha value is -1.75. The molecule has 1 aromatic rings. The number of hydrazine groups is 1. The van der Waals surface area contributed by atoms with Crippen molar-refractivity contribution < 1.29 is 9.47 Å². The van der Waals surface area contributed by atoms with E-state index in [-0.39, 0.29) is 5.54 Å². The van der Waals surface area contributed by atoms with E-state index < -0.39 is 0 Å². The third-order valence-corrected chi connectivity index (χ3v) is 3.04. The summed E-state index contributed by atoms with van der Waals surface area (Å²) < 4.78 is 10.6. The highest BCUT2D eigenvalue weighted by Gasteiger charge is 2.28. The van der Waals surface area contributed by atoms with Crippen LogP contribution in [0.15, 0.2) is 17.1 Å². The zero-order chi connectivity index (χ0) is 13.3. The molecule has 0 amide bonds. The Morgan fingerprint density at radius 3 is 2.39 bits per heavy atom. The molecule has 2 rings (SSSR count). The zero-order valence-electron chi connectivity index (χ0n) is 11.2. The van der Waals surface area contributed by atoms with Gasteiger partial charge < -0.3 is 14.9 Å². The number of fused-ring (bicyclic) bond motifs is 1. The van der Waals surface area contributed by atoms with Crippen molar-refractivity contribution in [3.63, 3.8) is 0 Å². The van der Waals surface area contributed by atoms with Gasteiger partial charge in [0, 0.05) is 5.56 Å². The van der Waals surface area contributed by atoms with Gasteiger partial charge in [0.05, 0.1) is 19.8 Å². The number of hydrogen-bond acceptors (Lipinski definition) is 5. The van der Waals surface area contributed by atoms with Crippen LogP contribution in [0.4, 0.5) is 0 Å². The molecular weight excluding hydrogens is 230 g/mol. The van der Waals surface area contributed by atoms with E-state index in [4.69, 9.17) is 15.3 Å². The molecular formula is C13H19N3O2. The van der Waals surface area contributed by atoms with Crippen LogP contribution < -0.4 is 20.7 Å². The maximum Gasteiger partial charge on any atom is 0.161 e. The Kier molecular flexibility index (Phi) is 3.17. The second kappa shape index (κ2) is 4.49. The number of nitrogens with zero attached hydrogens (tertiary/aromatic N) is 1. The number of aliphatic imine (C=N–C) groups is 1. The Morgan fingerprint density at radius 1 is 1.22 bits per heavy atom. The number of benzene rings is 1. The minimum atomic E-state index is -0.172. The fourth-order valence-electron chi connectivity index (χ4n) is 2.27. The number of methoxy groups -OCH3 is 2. The van der Waals surface area contributed by atoms with E-state index in [0.29, 0.717) is 11.6 Å². The average molecular weight is 249 g/mol. The quantitative estimate of drug-likeness (QED) is 0.611. The molecule has 0 aliphatic carbocycles. The predicted octanol–water partition coefficient (Wildman–Crippen LogP) is 1.25. The molecule has 5 heteroatoms. The lowest BCUT2D eigenvalue weighted by Crippen LogP contribution is -2.39. The maximum atomic E-state index is 5.55. The molecule has 0 unspecified atom stereocenters. The molecule has 5 nitrogen and oxygen atoms in total. The average Bonchev–Trinajstić information content (AvgIpc) is 2.35. The third-order valence-electron chi connectivity index (χ3n) is 3.04. The van der Waals surface area contributed by atoms with Gasteiger partial charge in [-0.1, -0.05) is 0 Å². The summed E-state index contributed by atoms with van der Waals surface area (Å²) in [5.41, 5.74) is 4.61. The van der Waals surface area contributed by atoms with Gasteiger partial charge in [0.2, 0.25) is 0 Å². The molecule has 18 heavy (non-hydrogen) atoms. The minimum Gasteiger partial charge on any atom is -0.493 e. The highest BCUT2D eigenvalue weighted by Crippen LogP contribution is 2.35. The topological polar surface area (TPSA) is 68.9 Å². The van der Waals surface area contributed by atoms with E-state index in [1.54, 1.807) is 14.2 Å². The number of nitrogens with two attached hydrogens (primary N) is 1. The van der Waals surface area contributed by atoms with Gasteiger partial charge in [0.25, 0.3) is 0 Å². The van der Waals surface area contributed by atoms with Crippen molar-refractivity contribution in [2.75, 3.05) is 14.2 Å². The zero-order valence-corrected chi connectivity index (χ0v) is 11.2. The molecule has 0 aromatic heterocycles. The van der Waals surface area contributed by atoms with Gasteiger partial charge in [-0.15, -0.1) is 0 Å². The fraction of sp³-hybridized carbons (Fsp3) is 0.462. The fourth-order valence-corrected chi connectivity index (χ4v) is 2.27. The SMILES string of the molecule is COc1cc2c(cc1OC)C(NN)=NC(C)(C)C2. The Balaban J connectivity index is 2.58. The number of amidine groups is 1. The Bertz CT molecular complexity index is 495. The van der Waals surface area contributed by atoms with Gasteiger partial charge in [-0.3, -0.25) is 4.99 Å². The normalized spacial score (nSPS) is 16.6.